The SMILES string of the molecule is Cc1ccc(NC(=O)c2cnn3c4c(cnc23)CCCCC4)c(Cl)c1. The van der Waals surface area contributed by atoms with Crippen LogP contribution in [0.5, 0.6) is 0 Å². The highest BCUT2D eigenvalue weighted by atomic mass is 35.5. The largest absolute Gasteiger partial charge is 0.320 e. The number of nitrogens with zero attached hydrogens (tertiary/aromatic N) is 3. The highest BCUT2D eigenvalue weighted by molar-refractivity contribution is 6.34. The van der Waals surface area contributed by atoms with Gasteiger partial charge in [0, 0.05) is 11.9 Å². The number of halogens is 1. The van der Waals surface area contributed by atoms with E-state index in [4.69, 9.17) is 11.6 Å². The monoisotopic (exact) mass is 354 g/mol. The average Bonchev–Trinajstić information content (AvgIpc) is 2.88. The van der Waals surface area contributed by atoms with Crippen molar-refractivity contribution in [2.24, 2.45) is 0 Å². The maximum Gasteiger partial charge on any atom is 0.261 e. The van der Waals surface area contributed by atoms with Gasteiger partial charge in [0.05, 0.1) is 16.9 Å². The van der Waals surface area contributed by atoms with Crippen LogP contribution in [0.1, 0.15) is 46.4 Å². The molecule has 0 atom stereocenters. The maximum absolute atomic E-state index is 12.7. The molecule has 0 radical (unpaired) electrons. The van der Waals surface area contributed by atoms with Crippen LogP contribution in [0, 0.1) is 6.92 Å². The van der Waals surface area contributed by atoms with Crippen LogP contribution >= 0.6 is 11.6 Å². The average molecular weight is 355 g/mol. The molecule has 5 nitrogen and oxygen atoms in total. The van der Waals surface area contributed by atoms with Crippen molar-refractivity contribution in [3.8, 4) is 0 Å². The van der Waals surface area contributed by atoms with Crippen molar-refractivity contribution >= 4 is 28.8 Å². The predicted octanol–water partition coefficient (Wildman–Crippen LogP) is 4.21. The summed E-state index contributed by atoms with van der Waals surface area (Å²) in [6, 6.07) is 5.54. The van der Waals surface area contributed by atoms with E-state index in [1.54, 1.807) is 12.3 Å². The van der Waals surface area contributed by atoms with Crippen LogP contribution in [0.2, 0.25) is 5.02 Å². The van der Waals surface area contributed by atoms with Crippen molar-refractivity contribution in [2.75, 3.05) is 5.32 Å². The van der Waals surface area contributed by atoms with Crippen LogP contribution in [0.25, 0.3) is 5.65 Å². The number of anilines is 1. The van der Waals surface area contributed by atoms with E-state index in [0.29, 0.717) is 21.9 Å². The molecule has 2 heterocycles. The van der Waals surface area contributed by atoms with Gasteiger partial charge in [-0.3, -0.25) is 4.79 Å². The smallest absolute Gasteiger partial charge is 0.261 e. The molecule has 3 aromatic rings. The second kappa shape index (κ2) is 6.48. The minimum Gasteiger partial charge on any atom is -0.320 e. The summed E-state index contributed by atoms with van der Waals surface area (Å²) in [5.74, 6) is -0.248. The lowest BCUT2D eigenvalue weighted by Crippen LogP contribution is -2.13. The summed E-state index contributed by atoms with van der Waals surface area (Å²) >= 11 is 6.22. The van der Waals surface area contributed by atoms with Gasteiger partial charge in [-0.05, 0) is 55.9 Å². The summed E-state index contributed by atoms with van der Waals surface area (Å²) in [6.07, 6.45) is 9.03. The number of benzene rings is 1. The molecule has 1 aromatic carbocycles. The van der Waals surface area contributed by atoms with E-state index in [-0.39, 0.29) is 5.91 Å². The number of nitrogens with one attached hydrogen (secondary N) is 1. The molecule has 6 heteroatoms. The van der Waals surface area contributed by atoms with Crippen LogP contribution in [0.4, 0.5) is 5.69 Å². The van der Waals surface area contributed by atoms with Crippen LogP contribution in [-0.4, -0.2) is 20.5 Å². The van der Waals surface area contributed by atoms with Gasteiger partial charge in [-0.1, -0.05) is 24.1 Å². The first-order valence-electron chi connectivity index (χ1n) is 8.55. The van der Waals surface area contributed by atoms with Gasteiger partial charge in [0.1, 0.15) is 5.56 Å². The summed E-state index contributed by atoms with van der Waals surface area (Å²) in [6.45, 7) is 1.96. The van der Waals surface area contributed by atoms with E-state index in [2.05, 4.69) is 15.4 Å². The van der Waals surface area contributed by atoms with Gasteiger partial charge in [0.2, 0.25) is 0 Å². The van der Waals surface area contributed by atoms with Crippen molar-refractivity contribution in [1.29, 1.82) is 0 Å². The normalized spacial score (nSPS) is 14.2. The van der Waals surface area contributed by atoms with Gasteiger partial charge >= 0.3 is 0 Å². The number of hydrogen-bond donors (Lipinski definition) is 1. The Morgan fingerprint density at radius 3 is 2.88 bits per heavy atom. The lowest BCUT2D eigenvalue weighted by Gasteiger charge is -2.09. The van der Waals surface area contributed by atoms with Crippen molar-refractivity contribution in [3.05, 3.63) is 58.0 Å². The van der Waals surface area contributed by atoms with Gasteiger partial charge in [-0.15, -0.1) is 0 Å². The number of aryl methyl sites for hydroxylation is 3. The summed E-state index contributed by atoms with van der Waals surface area (Å²) in [4.78, 5) is 17.2. The van der Waals surface area contributed by atoms with E-state index in [0.717, 1.165) is 24.8 Å². The van der Waals surface area contributed by atoms with Crippen LogP contribution in [-0.2, 0) is 12.8 Å². The molecular weight excluding hydrogens is 336 g/mol. The molecular formula is C19H19ClN4O. The van der Waals surface area contributed by atoms with Crippen molar-refractivity contribution < 1.29 is 4.79 Å². The molecule has 0 aliphatic heterocycles. The number of carbonyl (C=O) groups excluding carboxylic acids is 1. The molecule has 4 rings (SSSR count). The molecule has 1 N–H and O–H groups in total. The van der Waals surface area contributed by atoms with Gasteiger partial charge in [0.15, 0.2) is 5.65 Å². The quantitative estimate of drug-likeness (QED) is 0.701. The molecule has 0 fully saturated rings. The lowest BCUT2D eigenvalue weighted by atomic mass is 10.1. The van der Waals surface area contributed by atoms with Gasteiger partial charge in [-0.25, -0.2) is 9.50 Å². The zero-order chi connectivity index (χ0) is 17.4. The number of amides is 1. The van der Waals surface area contributed by atoms with E-state index in [1.807, 2.05) is 29.8 Å². The topological polar surface area (TPSA) is 59.3 Å². The lowest BCUT2D eigenvalue weighted by molar-refractivity contribution is 0.102. The Hall–Kier alpha value is -2.40. The molecule has 1 amide bonds. The Kier molecular flexibility index (Phi) is 4.17. The van der Waals surface area contributed by atoms with Gasteiger partial charge < -0.3 is 5.32 Å². The van der Waals surface area contributed by atoms with Gasteiger partial charge in [0.25, 0.3) is 5.91 Å². The molecule has 2 aromatic heterocycles. The third-order valence-corrected chi connectivity index (χ3v) is 5.00. The first-order valence-corrected chi connectivity index (χ1v) is 8.93. The molecule has 0 spiro atoms. The first-order chi connectivity index (χ1) is 12.1. The highest BCUT2D eigenvalue weighted by Crippen LogP contribution is 2.25. The van der Waals surface area contributed by atoms with Crippen molar-refractivity contribution in [2.45, 2.75) is 39.0 Å². The van der Waals surface area contributed by atoms with E-state index >= 15 is 0 Å². The zero-order valence-corrected chi connectivity index (χ0v) is 14.8. The van der Waals surface area contributed by atoms with Crippen molar-refractivity contribution in [3.63, 3.8) is 0 Å². The van der Waals surface area contributed by atoms with Crippen molar-refractivity contribution in [1.82, 2.24) is 14.6 Å². The Bertz CT molecular complexity index is 963. The predicted molar refractivity (Wildman–Crippen MR) is 98.4 cm³/mol. The first kappa shape index (κ1) is 16.1. The second-order valence-electron chi connectivity index (χ2n) is 6.52. The number of aromatic nitrogens is 3. The Morgan fingerprint density at radius 1 is 1.20 bits per heavy atom. The number of carbonyl (C=O) groups is 1. The maximum atomic E-state index is 12.7. The number of hydrogen-bond acceptors (Lipinski definition) is 3. The third-order valence-electron chi connectivity index (χ3n) is 4.69. The molecule has 25 heavy (non-hydrogen) atoms. The number of rotatable bonds is 2. The number of fused-ring (bicyclic) bond motifs is 3. The Morgan fingerprint density at radius 2 is 2.04 bits per heavy atom. The fourth-order valence-corrected chi connectivity index (χ4v) is 3.63. The molecule has 128 valence electrons. The second-order valence-corrected chi connectivity index (χ2v) is 6.93. The van der Waals surface area contributed by atoms with Crippen LogP contribution in [0.15, 0.2) is 30.6 Å². The van der Waals surface area contributed by atoms with Crippen LogP contribution < -0.4 is 5.32 Å². The van der Waals surface area contributed by atoms with E-state index in [9.17, 15) is 4.79 Å². The summed E-state index contributed by atoms with van der Waals surface area (Å²) < 4.78 is 1.83. The standard InChI is InChI=1S/C19H19ClN4O/c1-12-7-8-16(15(20)9-12)23-19(25)14-11-22-24-17-6-4-2-3-5-13(17)10-21-18(14)24/h7-11H,2-6H2,1H3,(H,23,25). The molecule has 1 aliphatic carbocycles. The van der Waals surface area contributed by atoms with E-state index in [1.165, 1.54) is 24.1 Å². The zero-order valence-electron chi connectivity index (χ0n) is 14.1. The summed E-state index contributed by atoms with van der Waals surface area (Å²) in [5.41, 5.74) is 5.11. The molecule has 0 saturated heterocycles. The summed E-state index contributed by atoms with van der Waals surface area (Å²) in [5, 5.41) is 7.81. The fourth-order valence-electron chi connectivity index (χ4n) is 3.34. The third kappa shape index (κ3) is 3.00. The molecule has 0 unspecified atom stereocenters. The molecule has 0 saturated carbocycles. The van der Waals surface area contributed by atoms with E-state index < -0.39 is 0 Å². The minimum absolute atomic E-state index is 0.248. The highest BCUT2D eigenvalue weighted by Gasteiger charge is 2.19. The molecule has 1 aliphatic rings. The Balaban J connectivity index is 1.69. The Labute approximate surface area is 151 Å². The molecule has 0 bridgehead atoms. The minimum atomic E-state index is -0.248. The van der Waals surface area contributed by atoms with Crippen LogP contribution in [0.3, 0.4) is 0 Å². The fraction of sp³-hybridized carbons (Fsp3) is 0.316. The summed E-state index contributed by atoms with van der Waals surface area (Å²) in [7, 11) is 0. The van der Waals surface area contributed by atoms with Gasteiger partial charge in [-0.2, -0.15) is 5.10 Å².